The summed E-state index contributed by atoms with van der Waals surface area (Å²) in [6, 6.07) is 10.0. The van der Waals surface area contributed by atoms with Crippen LogP contribution in [0.1, 0.15) is 47.6 Å². The van der Waals surface area contributed by atoms with Gasteiger partial charge in [-0.05, 0) is 55.5 Å². The maximum absolute atomic E-state index is 13.3. The molecule has 2 fully saturated rings. The summed E-state index contributed by atoms with van der Waals surface area (Å²) in [6.45, 7) is 0.682. The van der Waals surface area contributed by atoms with Crippen molar-refractivity contribution in [3.05, 3.63) is 59.5 Å². The largest absolute Gasteiger partial charge is 0.376 e. The molecule has 2 unspecified atom stereocenters. The fraction of sp³-hybridized carbons (Fsp3) is 0.400. The summed E-state index contributed by atoms with van der Waals surface area (Å²) in [5.41, 5.74) is 1.34. The Morgan fingerprint density at radius 2 is 1.96 bits per heavy atom. The molecule has 4 rings (SSSR count). The van der Waals surface area contributed by atoms with Gasteiger partial charge in [-0.2, -0.15) is 0 Å². The van der Waals surface area contributed by atoms with E-state index < -0.39 is 0 Å². The summed E-state index contributed by atoms with van der Waals surface area (Å²) in [6.07, 6.45) is 5.65. The van der Waals surface area contributed by atoms with Crippen molar-refractivity contribution in [2.75, 3.05) is 11.9 Å². The molecule has 136 valence electrons. The van der Waals surface area contributed by atoms with Crippen molar-refractivity contribution in [1.29, 1.82) is 0 Å². The van der Waals surface area contributed by atoms with E-state index >= 15 is 0 Å². The first kappa shape index (κ1) is 17.0. The third-order valence-electron chi connectivity index (χ3n) is 4.81. The molecular weight excluding hydrogens is 333 g/mol. The van der Waals surface area contributed by atoms with Crippen LogP contribution in [0.5, 0.6) is 0 Å². The lowest BCUT2D eigenvalue weighted by molar-refractivity contribution is 0.0672. The van der Waals surface area contributed by atoms with Gasteiger partial charge in [-0.3, -0.25) is 4.79 Å². The van der Waals surface area contributed by atoms with Crippen LogP contribution in [0.4, 0.5) is 10.2 Å². The number of ether oxygens (including phenoxy) is 1. The molecule has 6 heteroatoms. The highest BCUT2D eigenvalue weighted by atomic mass is 19.1. The zero-order valence-electron chi connectivity index (χ0n) is 14.5. The molecule has 2 atom stereocenters. The van der Waals surface area contributed by atoms with Crippen LogP contribution in [0.15, 0.2) is 42.6 Å². The molecule has 0 bridgehead atoms. The molecule has 2 aromatic rings. The minimum Gasteiger partial charge on any atom is -0.376 e. The van der Waals surface area contributed by atoms with Gasteiger partial charge < -0.3 is 15.4 Å². The Kier molecular flexibility index (Phi) is 4.84. The number of hydrogen-bond acceptors (Lipinski definition) is 4. The number of amides is 1. The van der Waals surface area contributed by atoms with Crippen molar-refractivity contribution in [1.82, 2.24) is 10.3 Å². The Balaban J connectivity index is 1.48. The molecule has 26 heavy (non-hydrogen) atoms. The Bertz CT molecular complexity index is 754. The van der Waals surface area contributed by atoms with Crippen LogP contribution in [-0.2, 0) is 4.74 Å². The summed E-state index contributed by atoms with van der Waals surface area (Å²) < 4.78 is 19.0. The Hall–Kier alpha value is -2.47. The lowest BCUT2D eigenvalue weighted by Crippen LogP contribution is -2.36. The van der Waals surface area contributed by atoms with Gasteiger partial charge in [0.15, 0.2) is 0 Å². The topological polar surface area (TPSA) is 63.2 Å². The van der Waals surface area contributed by atoms with E-state index in [0.29, 0.717) is 18.2 Å². The van der Waals surface area contributed by atoms with Crippen molar-refractivity contribution in [3.63, 3.8) is 0 Å². The average Bonchev–Trinajstić information content (AvgIpc) is 3.30. The molecule has 2 aliphatic rings. The van der Waals surface area contributed by atoms with Crippen molar-refractivity contribution >= 4 is 11.7 Å². The molecule has 0 radical (unpaired) electrons. The number of halogens is 1. The number of anilines is 1. The van der Waals surface area contributed by atoms with Crippen molar-refractivity contribution in [2.24, 2.45) is 0 Å². The number of hydrogen-bond donors (Lipinski definition) is 2. The molecule has 2 N–H and O–H groups in total. The highest BCUT2D eigenvalue weighted by molar-refractivity contribution is 5.94. The first-order chi connectivity index (χ1) is 12.7. The molecule has 1 amide bonds. The standard InChI is InChI=1S/C20H22FN3O2/c21-15-6-3-13(4-7-15)19(17-2-1-11-26-17)24-20(25)14-5-10-18(22-12-14)23-16-8-9-16/h3-7,10,12,16-17,19H,1-2,8-9,11H2,(H,22,23)(H,24,25). The van der Waals surface area contributed by atoms with E-state index in [9.17, 15) is 9.18 Å². The number of aromatic nitrogens is 1. The minimum atomic E-state index is -0.310. The highest BCUT2D eigenvalue weighted by Gasteiger charge is 2.29. The van der Waals surface area contributed by atoms with Gasteiger partial charge in [-0.15, -0.1) is 0 Å². The van der Waals surface area contributed by atoms with Gasteiger partial charge in [0.05, 0.1) is 17.7 Å². The molecule has 0 spiro atoms. The van der Waals surface area contributed by atoms with E-state index in [1.165, 1.54) is 25.0 Å². The Morgan fingerprint density at radius 1 is 1.15 bits per heavy atom. The second-order valence-corrected chi connectivity index (χ2v) is 6.90. The van der Waals surface area contributed by atoms with Crippen LogP contribution in [0, 0.1) is 5.82 Å². The van der Waals surface area contributed by atoms with E-state index in [4.69, 9.17) is 4.74 Å². The Morgan fingerprint density at radius 3 is 2.58 bits per heavy atom. The van der Waals surface area contributed by atoms with Crippen molar-refractivity contribution < 1.29 is 13.9 Å². The van der Waals surface area contributed by atoms with E-state index in [1.807, 2.05) is 6.07 Å². The predicted molar refractivity (Wildman–Crippen MR) is 96.5 cm³/mol. The molecule has 1 saturated carbocycles. The smallest absolute Gasteiger partial charge is 0.253 e. The van der Waals surface area contributed by atoms with Crippen LogP contribution < -0.4 is 10.6 Å². The van der Waals surface area contributed by atoms with E-state index in [-0.39, 0.29) is 23.9 Å². The maximum atomic E-state index is 13.3. The molecule has 2 heterocycles. The molecule has 1 saturated heterocycles. The van der Waals surface area contributed by atoms with Crippen molar-refractivity contribution in [2.45, 2.75) is 43.9 Å². The summed E-state index contributed by atoms with van der Waals surface area (Å²) >= 11 is 0. The highest BCUT2D eigenvalue weighted by Crippen LogP contribution is 2.28. The van der Waals surface area contributed by atoms with Gasteiger partial charge in [-0.25, -0.2) is 9.37 Å². The first-order valence-electron chi connectivity index (χ1n) is 9.09. The molecule has 5 nitrogen and oxygen atoms in total. The van der Waals surface area contributed by atoms with Crippen LogP contribution in [0.2, 0.25) is 0 Å². The van der Waals surface area contributed by atoms with E-state index in [0.717, 1.165) is 24.2 Å². The maximum Gasteiger partial charge on any atom is 0.253 e. The van der Waals surface area contributed by atoms with E-state index in [2.05, 4.69) is 15.6 Å². The number of carbonyl (C=O) groups excluding carboxylic acids is 1. The summed E-state index contributed by atoms with van der Waals surface area (Å²) in [7, 11) is 0. The number of carbonyl (C=O) groups is 1. The molecule has 1 aliphatic carbocycles. The third-order valence-corrected chi connectivity index (χ3v) is 4.81. The number of rotatable bonds is 6. The number of nitrogens with zero attached hydrogens (tertiary/aromatic N) is 1. The zero-order chi connectivity index (χ0) is 17.9. The van der Waals surface area contributed by atoms with Gasteiger partial charge >= 0.3 is 0 Å². The quantitative estimate of drug-likeness (QED) is 0.833. The molecule has 1 aromatic heterocycles. The second-order valence-electron chi connectivity index (χ2n) is 6.90. The van der Waals surface area contributed by atoms with Crippen molar-refractivity contribution in [3.8, 4) is 0 Å². The van der Waals surface area contributed by atoms with E-state index in [1.54, 1.807) is 24.4 Å². The number of benzene rings is 1. The summed E-state index contributed by atoms with van der Waals surface area (Å²) in [5.74, 6) is 0.285. The fourth-order valence-corrected chi connectivity index (χ4v) is 3.20. The van der Waals surface area contributed by atoms with Gasteiger partial charge in [-0.1, -0.05) is 12.1 Å². The Labute approximate surface area is 152 Å². The predicted octanol–water partition coefficient (Wildman–Crippen LogP) is 3.45. The van der Waals surface area contributed by atoms with Gasteiger partial charge in [0.25, 0.3) is 5.91 Å². The zero-order valence-corrected chi connectivity index (χ0v) is 14.5. The second kappa shape index (κ2) is 7.41. The monoisotopic (exact) mass is 355 g/mol. The normalized spacial score (nSPS) is 20.6. The number of nitrogens with one attached hydrogen (secondary N) is 2. The van der Waals surface area contributed by atoms with Gasteiger partial charge in [0, 0.05) is 18.8 Å². The van der Waals surface area contributed by atoms with Gasteiger partial charge in [0.2, 0.25) is 0 Å². The van der Waals surface area contributed by atoms with Crippen LogP contribution in [0.3, 0.4) is 0 Å². The fourth-order valence-electron chi connectivity index (χ4n) is 3.20. The lowest BCUT2D eigenvalue weighted by Gasteiger charge is -2.25. The molecular formula is C20H22FN3O2. The summed E-state index contributed by atoms with van der Waals surface area (Å²) in [5, 5.41) is 6.34. The first-order valence-corrected chi connectivity index (χ1v) is 9.09. The SMILES string of the molecule is O=C(NC(c1ccc(F)cc1)C1CCCO1)c1ccc(NC2CC2)nc1. The van der Waals surface area contributed by atoms with Crippen LogP contribution >= 0.6 is 0 Å². The molecule has 1 aliphatic heterocycles. The van der Waals surface area contributed by atoms with Crippen LogP contribution in [0.25, 0.3) is 0 Å². The summed E-state index contributed by atoms with van der Waals surface area (Å²) in [4.78, 5) is 17.0. The lowest BCUT2D eigenvalue weighted by atomic mass is 9.99. The van der Waals surface area contributed by atoms with Gasteiger partial charge in [0.1, 0.15) is 11.6 Å². The third kappa shape index (κ3) is 4.02. The number of pyridine rings is 1. The minimum absolute atomic E-state index is 0.104. The molecule has 1 aromatic carbocycles. The average molecular weight is 355 g/mol. The van der Waals surface area contributed by atoms with Crippen LogP contribution in [-0.4, -0.2) is 29.6 Å².